The number of hydrogen-bond acceptors (Lipinski definition) is 4. The SMILES string of the molecule is COCCc1ccc(OCC(O)CNC(C)C)cc1.[H-].[Na+]. The zero-order valence-corrected chi connectivity index (χ0v) is 15.1. The van der Waals surface area contributed by atoms with Crippen LogP contribution >= 0.6 is 0 Å². The first-order chi connectivity index (χ1) is 9.11. The van der Waals surface area contributed by atoms with Crippen molar-refractivity contribution in [3.05, 3.63) is 29.8 Å². The molecular weight excluding hydrogens is 265 g/mol. The van der Waals surface area contributed by atoms with Crippen LogP contribution < -0.4 is 39.6 Å². The van der Waals surface area contributed by atoms with Gasteiger partial charge in [0.2, 0.25) is 0 Å². The van der Waals surface area contributed by atoms with Gasteiger partial charge in [0.1, 0.15) is 18.5 Å². The molecule has 0 saturated heterocycles. The van der Waals surface area contributed by atoms with Gasteiger partial charge in [-0.2, -0.15) is 0 Å². The largest absolute Gasteiger partial charge is 1.00 e. The van der Waals surface area contributed by atoms with Crippen molar-refractivity contribution < 1.29 is 45.6 Å². The molecule has 0 saturated carbocycles. The number of benzene rings is 1. The molecule has 2 N–H and O–H groups in total. The minimum absolute atomic E-state index is 0. The molecule has 0 aliphatic heterocycles. The molecule has 1 aromatic carbocycles. The van der Waals surface area contributed by atoms with Crippen LogP contribution in [0.2, 0.25) is 0 Å². The number of ether oxygens (including phenoxy) is 2. The topological polar surface area (TPSA) is 50.7 Å². The van der Waals surface area contributed by atoms with Crippen molar-refractivity contribution in [3.8, 4) is 5.75 Å². The average molecular weight is 291 g/mol. The van der Waals surface area contributed by atoms with Crippen LogP contribution in [-0.4, -0.2) is 44.1 Å². The minimum Gasteiger partial charge on any atom is -1.00 e. The van der Waals surface area contributed by atoms with E-state index in [2.05, 4.69) is 5.32 Å². The maximum Gasteiger partial charge on any atom is 1.00 e. The molecule has 0 aliphatic carbocycles. The third-order valence-electron chi connectivity index (χ3n) is 2.72. The molecule has 1 atom stereocenters. The van der Waals surface area contributed by atoms with Crippen molar-refractivity contribution in [2.75, 3.05) is 26.9 Å². The molecule has 1 unspecified atom stereocenters. The van der Waals surface area contributed by atoms with Crippen molar-refractivity contribution in [2.45, 2.75) is 32.4 Å². The third kappa shape index (κ3) is 8.95. The predicted octanol–water partition coefficient (Wildman–Crippen LogP) is -1.27. The summed E-state index contributed by atoms with van der Waals surface area (Å²) in [5, 5.41) is 12.9. The van der Waals surface area contributed by atoms with Gasteiger partial charge in [0.15, 0.2) is 0 Å². The van der Waals surface area contributed by atoms with Crippen LogP contribution in [0.1, 0.15) is 20.8 Å². The van der Waals surface area contributed by atoms with Crippen molar-refractivity contribution in [2.24, 2.45) is 0 Å². The van der Waals surface area contributed by atoms with Crippen LogP contribution in [-0.2, 0) is 11.2 Å². The van der Waals surface area contributed by atoms with Crippen LogP contribution in [0.15, 0.2) is 24.3 Å². The van der Waals surface area contributed by atoms with Gasteiger partial charge in [-0.15, -0.1) is 0 Å². The third-order valence-corrected chi connectivity index (χ3v) is 2.72. The van der Waals surface area contributed by atoms with Crippen molar-refractivity contribution in [1.29, 1.82) is 0 Å². The molecule has 0 amide bonds. The summed E-state index contributed by atoms with van der Waals surface area (Å²) in [5.74, 6) is 0.782. The number of aliphatic hydroxyl groups is 1. The van der Waals surface area contributed by atoms with E-state index in [0.717, 1.165) is 18.8 Å². The second-order valence-electron chi connectivity index (χ2n) is 4.91. The van der Waals surface area contributed by atoms with Gasteiger partial charge in [0.05, 0.1) is 6.61 Å². The summed E-state index contributed by atoms with van der Waals surface area (Å²) in [6.45, 7) is 5.67. The number of rotatable bonds is 9. The van der Waals surface area contributed by atoms with E-state index in [1.165, 1.54) is 5.56 Å². The summed E-state index contributed by atoms with van der Waals surface area (Å²) in [5.41, 5.74) is 1.22. The molecule has 1 aromatic rings. The molecule has 1 rings (SSSR count). The number of hydrogen-bond donors (Lipinski definition) is 2. The summed E-state index contributed by atoms with van der Waals surface area (Å²) in [4.78, 5) is 0. The number of aliphatic hydroxyl groups excluding tert-OH is 1. The minimum atomic E-state index is -0.490. The molecule has 110 valence electrons. The predicted molar refractivity (Wildman–Crippen MR) is 77.8 cm³/mol. The smallest absolute Gasteiger partial charge is 1.00 e. The Labute approximate surface area is 145 Å². The molecule has 5 heteroatoms. The molecule has 0 radical (unpaired) electrons. The first kappa shape index (κ1) is 19.9. The normalized spacial score (nSPS) is 12.1. The van der Waals surface area contributed by atoms with Gasteiger partial charge in [0, 0.05) is 19.7 Å². The first-order valence-electron chi connectivity index (χ1n) is 6.74. The van der Waals surface area contributed by atoms with Gasteiger partial charge in [-0.1, -0.05) is 26.0 Å². The summed E-state index contributed by atoms with van der Waals surface area (Å²) >= 11 is 0. The van der Waals surface area contributed by atoms with Gasteiger partial charge >= 0.3 is 29.6 Å². The van der Waals surface area contributed by atoms with E-state index in [4.69, 9.17) is 9.47 Å². The zero-order chi connectivity index (χ0) is 14.1. The molecule has 0 fully saturated rings. The number of methoxy groups -OCH3 is 1. The van der Waals surface area contributed by atoms with Gasteiger partial charge in [-0.3, -0.25) is 0 Å². The molecule has 0 heterocycles. The summed E-state index contributed by atoms with van der Waals surface area (Å²) in [6, 6.07) is 8.26. The second kappa shape index (κ2) is 11.5. The van der Waals surface area contributed by atoms with E-state index in [9.17, 15) is 5.11 Å². The Bertz CT molecular complexity index is 349. The van der Waals surface area contributed by atoms with E-state index >= 15 is 0 Å². The van der Waals surface area contributed by atoms with E-state index < -0.39 is 6.10 Å². The molecule has 4 nitrogen and oxygen atoms in total. The zero-order valence-electron chi connectivity index (χ0n) is 14.1. The molecule has 0 spiro atoms. The van der Waals surface area contributed by atoms with E-state index in [0.29, 0.717) is 19.2 Å². The van der Waals surface area contributed by atoms with Crippen molar-refractivity contribution >= 4 is 0 Å². The maximum atomic E-state index is 9.73. The van der Waals surface area contributed by atoms with Gasteiger partial charge in [0.25, 0.3) is 0 Å². The monoisotopic (exact) mass is 291 g/mol. The van der Waals surface area contributed by atoms with Crippen LogP contribution in [0.5, 0.6) is 5.75 Å². The quantitative estimate of drug-likeness (QED) is 0.557. The fourth-order valence-corrected chi connectivity index (χ4v) is 1.60. The summed E-state index contributed by atoms with van der Waals surface area (Å²) < 4.78 is 10.6. The Balaban J connectivity index is 0. The van der Waals surface area contributed by atoms with Gasteiger partial charge in [-0.05, 0) is 24.1 Å². The van der Waals surface area contributed by atoms with Crippen LogP contribution in [0.4, 0.5) is 0 Å². The maximum absolute atomic E-state index is 9.73. The van der Waals surface area contributed by atoms with Gasteiger partial charge < -0.3 is 21.3 Å². The molecule has 20 heavy (non-hydrogen) atoms. The Morgan fingerprint density at radius 1 is 1.25 bits per heavy atom. The summed E-state index contributed by atoms with van der Waals surface area (Å²) in [7, 11) is 1.70. The van der Waals surface area contributed by atoms with Crippen molar-refractivity contribution in [3.63, 3.8) is 0 Å². The van der Waals surface area contributed by atoms with Crippen LogP contribution in [0.25, 0.3) is 0 Å². The second-order valence-corrected chi connectivity index (χ2v) is 4.91. The fraction of sp³-hybridized carbons (Fsp3) is 0.600. The van der Waals surface area contributed by atoms with Crippen LogP contribution in [0, 0.1) is 0 Å². The van der Waals surface area contributed by atoms with E-state index in [1.54, 1.807) is 7.11 Å². The molecular formula is C15H26NNaO3. The number of nitrogens with one attached hydrogen (secondary N) is 1. The molecule has 0 bridgehead atoms. The Kier molecular flexibility index (Phi) is 11.5. The Hall–Kier alpha value is -0.100. The van der Waals surface area contributed by atoms with Crippen molar-refractivity contribution in [1.82, 2.24) is 5.32 Å². The summed E-state index contributed by atoms with van der Waals surface area (Å²) in [6.07, 6.45) is 0.410. The molecule has 0 aliphatic rings. The first-order valence-corrected chi connectivity index (χ1v) is 6.74. The fourth-order valence-electron chi connectivity index (χ4n) is 1.60. The Morgan fingerprint density at radius 2 is 1.90 bits per heavy atom. The van der Waals surface area contributed by atoms with Crippen LogP contribution in [0.3, 0.4) is 0 Å². The molecule has 0 aromatic heterocycles. The Morgan fingerprint density at radius 3 is 2.45 bits per heavy atom. The van der Waals surface area contributed by atoms with E-state index in [-0.39, 0.29) is 31.0 Å². The standard InChI is InChI=1S/C15H25NO3.Na.H/c1-12(2)16-10-14(17)11-19-15-6-4-13(5-7-15)8-9-18-3;;/h4-7,12,14,16-17H,8-11H2,1-3H3;;/q;+1;-1. The van der Waals surface area contributed by atoms with Gasteiger partial charge in [-0.25, -0.2) is 0 Å². The van der Waals surface area contributed by atoms with E-state index in [1.807, 2.05) is 38.1 Å². The average Bonchev–Trinajstić information content (AvgIpc) is 2.41.